The Morgan fingerprint density at radius 3 is 2.79 bits per heavy atom. The fourth-order valence-corrected chi connectivity index (χ4v) is 4.22. The van der Waals surface area contributed by atoms with E-state index in [-0.39, 0.29) is 12.4 Å². The summed E-state index contributed by atoms with van der Waals surface area (Å²) >= 11 is 0. The average Bonchev–Trinajstić information content (AvgIpc) is 3.36. The van der Waals surface area contributed by atoms with Crippen molar-refractivity contribution in [2.75, 3.05) is 33.8 Å². The number of benzene rings is 1. The average molecular weight is 401 g/mol. The fourth-order valence-electron chi connectivity index (χ4n) is 4.22. The number of fused-ring (bicyclic) bond motifs is 1. The summed E-state index contributed by atoms with van der Waals surface area (Å²) in [5.74, 6) is 1.84. The number of amides is 1. The maximum atomic E-state index is 12.4. The molecule has 1 aromatic heterocycles. The van der Waals surface area contributed by atoms with Crippen LogP contribution in [0, 0.1) is 11.8 Å². The Hall–Kier alpha value is -2.94. The first-order chi connectivity index (χ1) is 14.0. The first kappa shape index (κ1) is 20.8. The summed E-state index contributed by atoms with van der Waals surface area (Å²) in [4.78, 5) is 29.0. The van der Waals surface area contributed by atoms with Gasteiger partial charge in [-0.2, -0.15) is 5.10 Å². The molecule has 9 nitrogen and oxygen atoms in total. The Balaban J connectivity index is 0.000000755. The Kier molecular flexibility index (Phi) is 6.82. The SMILES string of the molecule is COc1ccc(CN2C[C@H]3CCN(C)C(=O)[C@H]3C2)cc1Cn1cncn1.O=CO. The van der Waals surface area contributed by atoms with E-state index in [9.17, 15) is 4.79 Å². The van der Waals surface area contributed by atoms with Gasteiger partial charge in [-0.25, -0.2) is 9.67 Å². The minimum atomic E-state index is -0.250. The molecule has 0 aliphatic carbocycles. The molecule has 3 heterocycles. The van der Waals surface area contributed by atoms with Crippen LogP contribution in [0.1, 0.15) is 17.5 Å². The zero-order valence-corrected chi connectivity index (χ0v) is 16.8. The van der Waals surface area contributed by atoms with Crippen molar-refractivity contribution in [2.24, 2.45) is 11.8 Å². The molecule has 1 amide bonds. The molecule has 2 aromatic rings. The molecule has 2 aliphatic rings. The zero-order valence-electron chi connectivity index (χ0n) is 16.8. The van der Waals surface area contributed by atoms with Crippen molar-refractivity contribution in [3.05, 3.63) is 42.0 Å². The van der Waals surface area contributed by atoms with Crippen molar-refractivity contribution in [1.29, 1.82) is 0 Å². The summed E-state index contributed by atoms with van der Waals surface area (Å²) in [5, 5.41) is 11.1. The molecule has 156 valence electrons. The third-order valence-corrected chi connectivity index (χ3v) is 5.60. The number of hydrogen-bond donors (Lipinski definition) is 1. The second kappa shape index (κ2) is 9.51. The van der Waals surface area contributed by atoms with Crippen LogP contribution in [0.25, 0.3) is 0 Å². The molecule has 1 N–H and O–H groups in total. The van der Waals surface area contributed by atoms with E-state index in [1.165, 1.54) is 11.9 Å². The summed E-state index contributed by atoms with van der Waals surface area (Å²) in [5.41, 5.74) is 2.32. The highest BCUT2D eigenvalue weighted by Gasteiger charge is 2.41. The molecule has 0 radical (unpaired) electrons. The first-order valence-electron chi connectivity index (χ1n) is 9.59. The molecule has 0 bridgehead atoms. The van der Waals surface area contributed by atoms with Gasteiger partial charge in [-0.05, 0) is 30.0 Å². The maximum Gasteiger partial charge on any atom is 0.290 e. The van der Waals surface area contributed by atoms with Crippen LogP contribution in [0.3, 0.4) is 0 Å². The quantitative estimate of drug-likeness (QED) is 0.744. The minimum absolute atomic E-state index is 0.168. The highest BCUT2D eigenvalue weighted by atomic mass is 16.5. The van der Waals surface area contributed by atoms with Gasteiger partial charge in [0.1, 0.15) is 18.4 Å². The Labute approximate surface area is 169 Å². The van der Waals surface area contributed by atoms with Gasteiger partial charge in [0.25, 0.3) is 6.47 Å². The second-order valence-electron chi connectivity index (χ2n) is 7.45. The van der Waals surface area contributed by atoms with Gasteiger partial charge < -0.3 is 14.7 Å². The van der Waals surface area contributed by atoms with E-state index >= 15 is 0 Å². The Bertz CT molecular complexity index is 826. The third-order valence-electron chi connectivity index (χ3n) is 5.60. The standard InChI is InChI=1S/C19H25N5O2.CH2O2/c1-22-6-5-15-9-23(11-17(15)19(22)25)8-14-3-4-18(26-2)16(7-14)10-24-13-20-12-21-24;2-1-3/h3-4,7,12-13,15,17H,5-6,8-11H2,1-2H3;1H,(H,2,3)/t15-,17+;/m1./s1. The van der Waals surface area contributed by atoms with Crippen LogP contribution in [-0.2, 0) is 22.7 Å². The smallest absolute Gasteiger partial charge is 0.290 e. The largest absolute Gasteiger partial charge is 0.496 e. The minimum Gasteiger partial charge on any atom is -0.496 e. The van der Waals surface area contributed by atoms with Gasteiger partial charge in [-0.1, -0.05) is 6.07 Å². The highest BCUT2D eigenvalue weighted by molar-refractivity contribution is 5.80. The normalized spacial score (nSPS) is 21.3. The van der Waals surface area contributed by atoms with Gasteiger partial charge in [-0.3, -0.25) is 14.5 Å². The van der Waals surface area contributed by atoms with Gasteiger partial charge in [0.15, 0.2) is 0 Å². The summed E-state index contributed by atoms with van der Waals surface area (Å²) in [7, 11) is 3.61. The van der Waals surface area contributed by atoms with Gasteiger partial charge in [0, 0.05) is 38.8 Å². The highest BCUT2D eigenvalue weighted by Crippen LogP contribution is 2.32. The molecule has 0 spiro atoms. The van der Waals surface area contributed by atoms with Gasteiger partial charge >= 0.3 is 0 Å². The summed E-state index contributed by atoms with van der Waals surface area (Å²) in [6.45, 7) is 4.00. The Morgan fingerprint density at radius 2 is 2.10 bits per heavy atom. The topological polar surface area (TPSA) is 101 Å². The van der Waals surface area contributed by atoms with Gasteiger partial charge in [-0.15, -0.1) is 0 Å². The number of piperidine rings is 1. The van der Waals surface area contributed by atoms with Crippen LogP contribution >= 0.6 is 0 Å². The van der Waals surface area contributed by atoms with Gasteiger partial charge in [0.2, 0.25) is 5.91 Å². The van der Waals surface area contributed by atoms with E-state index in [0.29, 0.717) is 18.4 Å². The van der Waals surface area contributed by atoms with Crippen molar-refractivity contribution >= 4 is 12.4 Å². The van der Waals surface area contributed by atoms with Crippen molar-refractivity contribution in [3.8, 4) is 5.75 Å². The number of carboxylic acid groups (broad SMARTS) is 1. The number of likely N-dealkylation sites (tertiary alicyclic amines) is 2. The molecule has 0 unspecified atom stereocenters. The number of aromatic nitrogens is 3. The number of carbonyl (C=O) groups excluding carboxylic acids is 1. The number of nitrogens with zero attached hydrogens (tertiary/aromatic N) is 5. The predicted molar refractivity (Wildman–Crippen MR) is 105 cm³/mol. The number of carbonyl (C=O) groups is 2. The van der Waals surface area contributed by atoms with E-state index in [0.717, 1.165) is 43.9 Å². The van der Waals surface area contributed by atoms with Crippen LogP contribution in [0.2, 0.25) is 0 Å². The number of hydrogen-bond acceptors (Lipinski definition) is 6. The van der Waals surface area contributed by atoms with Crippen molar-refractivity contribution < 1.29 is 19.4 Å². The molecule has 2 atom stereocenters. The number of methoxy groups -OCH3 is 1. The van der Waals surface area contributed by atoms with Crippen LogP contribution in [-0.4, -0.2) is 75.8 Å². The molecule has 2 aliphatic heterocycles. The molecule has 29 heavy (non-hydrogen) atoms. The fraction of sp³-hybridized carbons (Fsp3) is 0.500. The predicted octanol–water partition coefficient (Wildman–Crippen LogP) is 0.946. The number of ether oxygens (including phenoxy) is 1. The van der Waals surface area contributed by atoms with E-state index in [1.54, 1.807) is 18.1 Å². The lowest BCUT2D eigenvalue weighted by Crippen LogP contribution is -2.42. The molecule has 1 aromatic carbocycles. The summed E-state index contributed by atoms with van der Waals surface area (Å²) in [6.07, 6.45) is 4.36. The van der Waals surface area contributed by atoms with E-state index < -0.39 is 0 Å². The van der Waals surface area contributed by atoms with Crippen molar-refractivity contribution in [2.45, 2.75) is 19.5 Å². The molecule has 9 heteroatoms. The van der Waals surface area contributed by atoms with Crippen molar-refractivity contribution in [3.63, 3.8) is 0 Å². The molecule has 4 rings (SSSR count). The monoisotopic (exact) mass is 401 g/mol. The molecule has 2 saturated heterocycles. The number of rotatable bonds is 5. The lowest BCUT2D eigenvalue weighted by atomic mass is 9.88. The molecular formula is C20H27N5O4. The van der Waals surface area contributed by atoms with Crippen LogP contribution in [0.15, 0.2) is 30.9 Å². The Morgan fingerprint density at radius 1 is 1.31 bits per heavy atom. The van der Waals surface area contributed by atoms with E-state index in [2.05, 4.69) is 27.1 Å². The summed E-state index contributed by atoms with van der Waals surface area (Å²) in [6, 6.07) is 6.31. The second-order valence-corrected chi connectivity index (χ2v) is 7.45. The van der Waals surface area contributed by atoms with Crippen molar-refractivity contribution in [1.82, 2.24) is 24.6 Å². The van der Waals surface area contributed by atoms with Gasteiger partial charge in [0.05, 0.1) is 19.6 Å². The van der Waals surface area contributed by atoms with Crippen LogP contribution in [0.5, 0.6) is 5.75 Å². The zero-order chi connectivity index (χ0) is 20.8. The van der Waals surface area contributed by atoms with E-state index in [4.69, 9.17) is 14.6 Å². The van der Waals surface area contributed by atoms with Crippen LogP contribution in [0.4, 0.5) is 0 Å². The lowest BCUT2D eigenvalue weighted by Gasteiger charge is -2.30. The summed E-state index contributed by atoms with van der Waals surface area (Å²) < 4.78 is 7.29. The van der Waals surface area contributed by atoms with Crippen LogP contribution < -0.4 is 4.74 Å². The molecular weight excluding hydrogens is 374 g/mol. The maximum absolute atomic E-state index is 12.4. The lowest BCUT2D eigenvalue weighted by molar-refractivity contribution is -0.137. The third kappa shape index (κ3) is 4.92. The van der Waals surface area contributed by atoms with E-state index in [1.807, 2.05) is 18.0 Å². The first-order valence-corrected chi connectivity index (χ1v) is 9.59. The molecule has 2 fully saturated rings. The molecule has 0 saturated carbocycles.